The summed E-state index contributed by atoms with van der Waals surface area (Å²) in [6, 6.07) is 11.7. The second-order valence-electron chi connectivity index (χ2n) is 5.34. The molecule has 2 amide bonds. The number of hydrogen-bond acceptors (Lipinski definition) is 5. The Hall–Kier alpha value is -3.42. The van der Waals surface area contributed by atoms with E-state index in [1.165, 1.54) is 30.3 Å². The van der Waals surface area contributed by atoms with Gasteiger partial charge in [0.05, 0.1) is 13.2 Å². The van der Waals surface area contributed by atoms with Crippen LogP contribution in [0.15, 0.2) is 48.5 Å². The van der Waals surface area contributed by atoms with Gasteiger partial charge in [0.1, 0.15) is 17.1 Å². The lowest BCUT2D eigenvalue weighted by molar-refractivity contribution is -0.126. The van der Waals surface area contributed by atoms with Crippen LogP contribution in [0.4, 0.5) is 10.1 Å². The van der Waals surface area contributed by atoms with Crippen LogP contribution in [0.2, 0.25) is 0 Å². The summed E-state index contributed by atoms with van der Waals surface area (Å²) in [5, 5.41) is 4.82. The van der Waals surface area contributed by atoms with Crippen LogP contribution in [0.5, 0.6) is 5.75 Å². The molecular formula is C19H19FN2O5. The molecule has 2 rings (SSSR count). The van der Waals surface area contributed by atoms with Crippen molar-refractivity contribution >= 4 is 23.5 Å². The smallest absolute Gasteiger partial charge is 0.342 e. The highest BCUT2D eigenvalue weighted by Crippen LogP contribution is 2.18. The van der Waals surface area contributed by atoms with Gasteiger partial charge >= 0.3 is 5.97 Å². The van der Waals surface area contributed by atoms with E-state index in [4.69, 9.17) is 9.47 Å². The first-order valence-electron chi connectivity index (χ1n) is 8.20. The van der Waals surface area contributed by atoms with Gasteiger partial charge in [-0.1, -0.05) is 12.1 Å². The van der Waals surface area contributed by atoms with Crippen molar-refractivity contribution in [2.24, 2.45) is 0 Å². The number of ether oxygens (including phenoxy) is 2. The minimum atomic E-state index is -0.704. The highest BCUT2D eigenvalue weighted by atomic mass is 19.1. The van der Waals surface area contributed by atoms with Crippen LogP contribution in [-0.4, -0.2) is 37.5 Å². The molecule has 2 aromatic carbocycles. The molecule has 8 heteroatoms. The van der Waals surface area contributed by atoms with E-state index in [0.29, 0.717) is 18.0 Å². The van der Waals surface area contributed by atoms with E-state index in [1.807, 2.05) is 0 Å². The lowest BCUT2D eigenvalue weighted by atomic mass is 10.2. The Balaban J connectivity index is 1.76. The molecule has 2 N–H and O–H groups in total. The van der Waals surface area contributed by atoms with E-state index in [-0.39, 0.29) is 12.1 Å². The molecule has 0 bridgehead atoms. The van der Waals surface area contributed by atoms with Crippen molar-refractivity contribution in [3.05, 3.63) is 59.9 Å². The third kappa shape index (κ3) is 6.43. The zero-order valence-corrected chi connectivity index (χ0v) is 14.7. The molecule has 142 valence electrons. The molecule has 0 spiro atoms. The Bertz CT molecular complexity index is 808. The van der Waals surface area contributed by atoms with Crippen LogP contribution in [0.1, 0.15) is 17.3 Å². The Morgan fingerprint density at radius 1 is 1.00 bits per heavy atom. The Morgan fingerprint density at radius 2 is 1.70 bits per heavy atom. The van der Waals surface area contributed by atoms with E-state index in [9.17, 15) is 18.8 Å². The van der Waals surface area contributed by atoms with Gasteiger partial charge in [-0.05, 0) is 43.3 Å². The van der Waals surface area contributed by atoms with Crippen molar-refractivity contribution in [1.82, 2.24) is 5.32 Å². The van der Waals surface area contributed by atoms with Gasteiger partial charge in [-0.15, -0.1) is 0 Å². The summed E-state index contributed by atoms with van der Waals surface area (Å²) >= 11 is 0. The lowest BCUT2D eigenvalue weighted by Gasteiger charge is -2.10. The standard InChI is InChI=1S/C19H19FN2O5/c1-2-26-16-6-4-3-5-15(16)19(25)27-12-18(24)21-11-17(23)22-14-9-7-13(20)8-10-14/h3-10H,2,11-12H2,1H3,(H,21,24)(H,22,23). The predicted octanol–water partition coefficient (Wildman–Crippen LogP) is 2.14. The molecule has 0 saturated heterocycles. The van der Waals surface area contributed by atoms with Crippen LogP contribution >= 0.6 is 0 Å². The van der Waals surface area contributed by atoms with E-state index in [1.54, 1.807) is 25.1 Å². The molecule has 0 saturated carbocycles. The van der Waals surface area contributed by atoms with Gasteiger partial charge in [0.25, 0.3) is 5.91 Å². The maximum Gasteiger partial charge on any atom is 0.342 e. The van der Waals surface area contributed by atoms with Gasteiger partial charge in [-0.2, -0.15) is 0 Å². The average Bonchev–Trinajstić information content (AvgIpc) is 2.67. The molecule has 0 aliphatic carbocycles. The van der Waals surface area contributed by atoms with Gasteiger partial charge < -0.3 is 20.1 Å². The lowest BCUT2D eigenvalue weighted by Crippen LogP contribution is -2.35. The van der Waals surface area contributed by atoms with Crippen LogP contribution in [-0.2, 0) is 14.3 Å². The number of hydrogen-bond donors (Lipinski definition) is 2. The number of para-hydroxylation sites is 1. The molecule has 0 unspecified atom stereocenters. The van der Waals surface area contributed by atoms with Gasteiger partial charge in [0.2, 0.25) is 5.91 Å². The van der Waals surface area contributed by atoms with Crippen molar-refractivity contribution < 1.29 is 28.2 Å². The monoisotopic (exact) mass is 374 g/mol. The predicted molar refractivity (Wildman–Crippen MR) is 95.9 cm³/mol. The molecule has 27 heavy (non-hydrogen) atoms. The minimum Gasteiger partial charge on any atom is -0.493 e. The van der Waals surface area contributed by atoms with Crippen molar-refractivity contribution in [3.63, 3.8) is 0 Å². The van der Waals surface area contributed by atoms with Crippen molar-refractivity contribution in [2.45, 2.75) is 6.92 Å². The maximum absolute atomic E-state index is 12.8. The first-order valence-corrected chi connectivity index (χ1v) is 8.20. The first kappa shape index (κ1) is 19.9. The number of amides is 2. The van der Waals surface area contributed by atoms with Crippen molar-refractivity contribution in [2.75, 3.05) is 25.1 Å². The molecule has 7 nitrogen and oxygen atoms in total. The SMILES string of the molecule is CCOc1ccccc1C(=O)OCC(=O)NCC(=O)Nc1ccc(F)cc1. The fraction of sp³-hybridized carbons (Fsp3) is 0.211. The maximum atomic E-state index is 12.8. The quantitative estimate of drug-likeness (QED) is 0.691. The van der Waals surface area contributed by atoms with E-state index in [0.717, 1.165) is 0 Å². The molecule has 0 heterocycles. The second-order valence-corrected chi connectivity index (χ2v) is 5.34. The average molecular weight is 374 g/mol. The summed E-state index contributed by atoms with van der Waals surface area (Å²) < 4.78 is 23.1. The Labute approximate surface area is 155 Å². The summed E-state index contributed by atoms with van der Waals surface area (Å²) in [6.45, 7) is 1.31. The number of rotatable bonds is 8. The zero-order valence-electron chi connectivity index (χ0n) is 14.7. The van der Waals surface area contributed by atoms with Gasteiger partial charge in [0, 0.05) is 5.69 Å². The van der Waals surface area contributed by atoms with Crippen LogP contribution in [0, 0.1) is 5.82 Å². The third-order valence-electron chi connectivity index (χ3n) is 3.32. The van der Waals surface area contributed by atoms with E-state index >= 15 is 0 Å². The molecule has 0 atom stereocenters. The molecule has 0 aliphatic rings. The molecular weight excluding hydrogens is 355 g/mol. The molecule has 0 fully saturated rings. The van der Waals surface area contributed by atoms with E-state index < -0.39 is 30.2 Å². The molecule has 2 aromatic rings. The summed E-state index contributed by atoms with van der Waals surface area (Å²) in [7, 11) is 0. The third-order valence-corrected chi connectivity index (χ3v) is 3.32. The number of halogens is 1. The number of nitrogens with one attached hydrogen (secondary N) is 2. The topological polar surface area (TPSA) is 93.7 Å². The summed E-state index contributed by atoms with van der Waals surface area (Å²) in [5.41, 5.74) is 0.607. The normalized spacial score (nSPS) is 10.0. The fourth-order valence-electron chi connectivity index (χ4n) is 2.09. The van der Waals surface area contributed by atoms with Crippen LogP contribution in [0.25, 0.3) is 0 Å². The molecule has 0 radical (unpaired) electrons. The minimum absolute atomic E-state index is 0.209. The number of carbonyl (C=O) groups is 3. The Kier molecular flexibility index (Phi) is 7.30. The summed E-state index contributed by atoms with van der Waals surface area (Å²) in [5.74, 6) is -1.89. The molecule has 0 aromatic heterocycles. The summed E-state index contributed by atoms with van der Waals surface area (Å²) in [4.78, 5) is 35.5. The van der Waals surface area contributed by atoms with Gasteiger partial charge in [-0.3, -0.25) is 9.59 Å². The number of benzene rings is 2. The zero-order chi connectivity index (χ0) is 19.6. The first-order chi connectivity index (χ1) is 13.0. The highest BCUT2D eigenvalue weighted by Gasteiger charge is 2.15. The number of anilines is 1. The van der Waals surface area contributed by atoms with Gasteiger partial charge in [0.15, 0.2) is 6.61 Å². The highest BCUT2D eigenvalue weighted by molar-refractivity contribution is 5.96. The Morgan fingerprint density at radius 3 is 2.41 bits per heavy atom. The second kappa shape index (κ2) is 9.91. The largest absolute Gasteiger partial charge is 0.493 e. The van der Waals surface area contributed by atoms with Crippen molar-refractivity contribution in [3.8, 4) is 5.75 Å². The molecule has 0 aliphatic heterocycles. The number of esters is 1. The van der Waals surface area contributed by atoms with Crippen LogP contribution < -0.4 is 15.4 Å². The van der Waals surface area contributed by atoms with Crippen molar-refractivity contribution in [1.29, 1.82) is 0 Å². The fourth-order valence-corrected chi connectivity index (χ4v) is 2.09. The van der Waals surface area contributed by atoms with Gasteiger partial charge in [-0.25, -0.2) is 9.18 Å². The van der Waals surface area contributed by atoms with Crippen LogP contribution in [0.3, 0.4) is 0 Å². The summed E-state index contributed by atoms with van der Waals surface area (Å²) in [6.07, 6.45) is 0. The number of carbonyl (C=O) groups excluding carboxylic acids is 3. The van der Waals surface area contributed by atoms with E-state index in [2.05, 4.69) is 10.6 Å².